The molecule has 0 aromatic heterocycles. The largest absolute Gasteiger partial charge is 0.467 e. The molecule has 0 aliphatic heterocycles. The lowest BCUT2D eigenvalue weighted by molar-refractivity contribution is -0.156. The molecule has 0 saturated heterocycles. The Morgan fingerprint density at radius 3 is 2.22 bits per heavy atom. The average molecular weight is 253 g/mol. The summed E-state index contributed by atoms with van der Waals surface area (Å²) in [5, 5.41) is 21.7. The van der Waals surface area contributed by atoms with Gasteiger partial charge in [0, 0.05) is 12.6 Å². The lowest BCUT2D eigenvalue weighted by atomic mass is 10.0. The molecule has 6 nitrogen and oxygen atoms in total. The van der Waals surface area contributed by atoms with Gasteiger partial charge >= 0.3 is 5.97 Å². The molecule has 3 N–H and O–H groups in total. The van der Waals surface area contributed by atoms with Gasteiger partial charge in [-0.2, -0.15) is 0 Å². The zero-order valence-corrected chi connectivity index (χ0v) is 10.1. The number of benzene rings is 1. The quantitative estimate of drug-likeness (QED) is 0.667. The van der Waals surface area contributed by atoms with Crippen molar-refractivity contribution in [2.24, 2.45) is 0 Å². The molecule has 2 unspecified atom stereocenters. The predicted octanol–water partition coefficient (Wildman–Crippen LogP) is 0.212. The topological polar surface area (TPSA) is 95.9 Å². The van der Waals surface area contributed by atoms with Crippen LogP contribution >= 0.6 is 0 Å². The van der Waals surface area contributed by atoms with Crippen LogP contribution in [0.15, 0.2) is 24.3 Å². The van der Waals surface area contributed by atoms with Gasteiger partial charge in [-0.1, -0.05) is 12.1 Å². The Bertz CT molecular complexity index is 429. The summed E-state index contributed by atoms with van der Waals surface area (Å²) in [5.41, 5.74) is 0.910. The summed E-state index contributed by atoms with van der Waals surface area (Å²) in [4.78, 5) is 21.9. The monoisotopic (exact) mass is 253 g/mol. The number of rotatable bonds is 4. The number of anilines is 1. The predicted molar refractivity (Wildman–Crippen MR) is 63.7 cm³/mol. The van der Waals surface area contributed by atoms with Crippen molar-refractivity contribution in [3.05, 3.63) is 29.8 Å². The van der Waals surface area contributed by atoms with Gasteiger partial charge in [0.25, 0.3) is 0 Å². The fraction of sp³-hybridized carbons (Fsp3) is 0.333. The molecular formula is C12H15NO5. The lowest BCUT2D eigenvalue weighted by Gasteiger charge is -2.16. The van der Waals surface area contributed by atoms with Gasteiger partial charge in [0.2, 0.25) is 5.91 Å². The molecule has 98 valence electrons. The van der Waals surface area contributed by atoms with E-state index in [4.69, 9.17) is 0 Å². The van der Waals surface area contributed by atoms with Crippen molar-refractivity contribution in [2.75, 3.05) is 12.4 Å². The minimum atomic E-state index is -1.64. The third-order valence-electron chi connectivity index (χ3n) is 2.31. The van der Waals surface area contributed by atoms with Crippen LogP contribution in [0.3, 0.4) is 0 Å². The molecule has 2 atom stereocenters. The Morgan fingerprint density at radius 2 is 1.78 bits per heavy atom. The number of amides is 1. The van der Waals surface area contributed by atoms with E-state index in [1.54, 1.807) is 12.1 Å². The highest BCUT2D eigenvalue weighted by Crippen LogP contribution is 2.20. The Hall–Kier alpha value is -1.92. The summed E-state index contributed by atoms with van der Waals surface area (Å²) in [5.74, 6) is -1.12. The second-order valence-corrected chi connectivity index (χ2v) is 3.72. The van der Waals surface area contributed by atoms with Crippen LogP contribution in [0.2, 0.25) is 0 Å². The van der Waals surface area contributed by atoms with Crippen LogP contribution in [0.1, 0.15) is 18.6 Å². The highest BCUT2D eigenvalue weighted by molar-refractivity contribution is 5.88. The van der Waals surface area contributed by atoms with Gasteiger partial charge in [-0.25, -0.2) is 4.79 Å². The zero-order valence-electron chi connectivity index (χ0n) is 10.1. The summed E-state index contributed by atoms with van der Waals surface area (Å²) < 4.78 is 4.33. The minimum absolute atomic E-state index is 0.210. The molecule has 18 heavy (non-hydrogen) atoms. The van der Waals surface area contributed by atoms with Crippen molar-refractivity contribution < 1.29 is 24.5 Å². The third kappa shape index (κ3) is 3.54. The van der Waals surface area contributed by atoms with Crippen LogP contribution in [-0.4, -0.2) is 35.3 Å². The molecule has 0 aliphatic carbocycles. The molecule has 0 radical (unpaired) electrons. The van der Waals surface area contributed by atoms with Crippen molar-refractivity contribution in [3.63, 3.8) is 0 Å². The molecule has 0 spiro atoms. The first kappa shape index (κ1) is 14.1. The SMILES string of the molecule is COC(=O)C(O)C(O)c1ccc(NC(C)=O)cc1. The molecule has 1 aromatic carbocycles. The van der Waals surface area contributed by atoms with Crippen LogP contribution in [0.25, 0.3) is 0 Å². The summed E-state index contributed by atoms with van der Waals surface area (Å²) in [6.45, 7) is 1.38. The van der Waals surface area contributed by atoms with E-state index in [9.17, 15) is 19.8 Å². The summed E-state index contributed by atoms with van der Waals surface area (Å²) in [6, 6.07) is 6.12. The molecule has 0 fully saturated rings. The van der Waals surface area contributed by atoms with Crippen LogP contribution < -0.4 is 5.32 Å². The molecule has 0 bridgehead atoms. The van der Waals surface area contributed by atoms with Crippen molar-refractivity contribution >= 4 is 17.6 Å². The number of hydrogen-bond acceptors (Lipinski definition) is 5. The number of ether oxygens (including phenoxy) is 1. The van der Waals surface area contributed by atoms with Gasteiger partial charge < -0.3 is 20.3 Å². The van der Waals surface area contributed by atoms with Crippen molar-refractivity contribution in [2.45, 2.75) is 19.1 Å². The molecule has 0 saturated carbocycles. The van der Waals surface area contributed by atoms with E-state index in [1.165, 1.54) is 19.1 Å². The maximum atomic E-state index is 11.0. The van der Waals surface area contributed by atoms with E-state index >= 15 is 0 Å². The van der Waals surface area contributed by atoms with Gasteiger partial charge in [0.15, 0.2) is 6.10 Å². The fourth-order valence-corrected chi connectivity index (χ4v) is 1.40. The van der Waals surface area contributed by atoms with E-state index in [-0.39, 0.29) is 5.91 Å². The van der Waals surface area contributed by atoms with Crippen LogP contribution in [0.4, 0.5) is 5.69 Å². The maximum Gasteiger partial charge on any atom is 0.337 e. The highest BCUT2D eigenvalue weighted by atomic mass is 16.5. The number of carbonyl (C=O) groups excluding carboxylic acids is 2. The smallest absolute Gasteiger partial charge is 0.337 e. The number of nitrogens with one attached hydrogen (secondary N) is 1. The van der Waals surface area contributed by atoms with Gasteiger partial charge in [0.1, 0.15) is 6.10 Å². The zero-order chi connectivity index (χ0) is 13.7. The number of aliphatic hydroxyl groups is 2. The van der Waals surface area contributed by atoms with E-state index in [0.29, 0.717) is 11.3 Å². The number of carbonyl (C=O) groups is 2. The van der Waals surface area contributed by atoms with Crippen molar-refractivity contribution in [1.29, 1.82) is 0 Å². The van der Waals surface area contributed by atoms with Crippen molar-refractivity contribution in [1.82, 2.24) is 0 Å². The first-order valence-electron chi connectivity index (χ1n) is 5.27. The lowest BCUT2D eigenvalue weighted by Crippen LogP contribution is -2.29. The van der Waals surface area contributed by atoms with E-state index in [2.05, 4.69) is 10.1 Å². The minimum Gasteiger partial charge on any atom is -0.467 e. The molecule has 0 aliphatic rings. The Kier molecular flexibility index (Phi) is 4.82. The number of hydrogen-bond donors (Lipinski definition) is 3. The van der Waals surface area contributed by atoms with Gasteiger partial charge in [-0.15, -0.1) is 0 Å². The van der Waals surface area contributed by atoms with Gasteiger partial charge in [0.05, 0.1) is 7.11 Å². The molecule has 6 heteroatoms. The number of methoxy groups -OCH3 is 1. The second kappa shape index (κ2) is 6.13. The van der Waals surface area contributed by atoms with Crippen LogP contribution in [0, 0.1) is 0 Å². The maximum absolute atomic E-state index is 11.0. The standard InChI is InChI=1S/C12H15NO5/c1-7(14)13-9-5-3-8(4-6-9)10(15)11(16)12(17)18-2/h3-6,10-11,15-16H,1-2H3,(H,13,14). The van der Waals surface area contributed by atoms with Gasteiger partial charge in [-0.3, -0.25) is 4.79 Å². The van der Waals surface area contributed by atoms with Crippen molar-refractivity contribution in [3.8, 4) is 0 Å². The molecule has 1 amide bonds. The fourth-order valence-electron chi connectivity index (χ4n) is 1.40. The average Bonchev–Trinajstić information content (AvgIpc) is 2.36. The first-order chi connectivity index (χ1) is 8.45. The number of esters is 1. The number of aliphatic hydroxyl groups excluding tert-OH is 2. The van der Waals surface area contributed by atoms with E-state index in [0.717, 1.165) is 7.11 Å². The highest BCUT2D eigenvalue weighted by Gasteiger charge is 2.26. The van der Waals surface area contributed by atoms with Crippen LogP contribution in [0.5, 0.6) is 0 Å². The van der Waals surface area contributed by atoms with Gasteiger partial charge in [-0.05, 0) is 17.7 Å². The first-order valence-corrected chi connectivity index (χ1v) is 5.27. The Labute approximate surface area is 104 Å². The third-order valence-corrected chi connectivity index (χ3v) is 2.31. The van der Waals surface area contributed by atoms with E-state index < -0.39 is 18.2 Å². The summed E-state index contributed by atoms with van der Waals surface area (Å²) >= 11 is 0. The molecule has 1 aromatic rings. The molecule has 1 rings (SSSR count). The molecule has 0 heterocycles. The van der Waals surface area contributed by atoms with E-state index in [1.807, 2.05) is 0 Å². The summed E-state index contributed by atoms with van der Waals surface area (Å²) in [7, 11) is 1.12. The Balaban J connectivity index is 2.78. The molecular weight excluding hydrogens is 238 g/mol. The second-order valence-electron chi connectivity index (χ2n) is 3.72. The van der Waals surface area contributed by atoms with Crippen LogP contribution in [-0.2, 0) is 14.3 Å². The Morgan fingerprint density at radius 1 is 1.22 bits per heavy atom. The normalized spacial score (nSPS) is 13.6. The summed E-state index contributed by atoms with van der Waals surface area (Å²) in [6.07, 6.45) is -3.01.